The van der Waals surface area contributed by atoms with Crippen molar-refractivity contribution in [3.8, 4) is 11.5 Å². The summed E-state index contributed by atoms with van der Waals surface area (Å²) in [7, 11) is 0. The highest BCUT2D eigenvalue weighted by Gasteiger charge is 2.35. The van der Waals surface area contributed by atoms with E-state index in [0.29, 0.717) is 12.8 Å². The molecule has 1 aromatic rings. The van der Waals surface area contributed by atoms with Gasteiger partial charge in [-0.3, -0.25) is 4.90 Å². The van der Waals surface area contributed by atoms with Crippen LogP contribution < -0.4 is 14.8 Å². The van der Waals surface area contributed by atoms with Crippen molar-refractivity contribution in [2.45, 2.75) is 25.3 Å². The van der Waals surface area contributed by atoms with Crippen LogP contribution in [0.15, 0.2) is 12.1 Å². The molecule has 2 fully saturated rings. The second-order valence-electron chi connectivity index (χ2n) is 6.15. The lowest BCUT2D eigenvalue weighted by atomic mass is 9.76. The van der Waals surface area contributed by atoms with Crippen molar-refractivity contribution in [3.63, 3.8) is 0 Å². The summed E-state index contributed by atoms with van der Waals surface area (Å²) in [6, 6.07) is 4.45. The number of ether oxygens (including phenoxy) is 2. The van der Waals surface area contributed by atoms with Gasteiger partial charge in [-0.15, -0.1) is 0 Å². The Morgan fingerprint density at radius 3 is 2.52 bits per heavy atom. The second kappa shape index (κ2) is 5.67. The van der Waals surface area contributed by atoms with Gasteiger partial charge in [0.2, 0.25) is 6.79 Å². The van der Waals surface area contributed by atoms with Gasteiger partial charge in [0.25, 0.3) is 0 Å². The van der Waals surface area contributed by atoms with Crippen LogP contribution in [0.2, 0.25) is 5.02 Å². The van der Waals surface area contributed by atoms with Crippen LogP contribution in [0.4, 0.5) is 0 Å². The number of nitrogens with one attached hydrogen (secondary N) is 1. The van der Waals surface area contributed by atoms with Crippen molar-refractivity contribution in [1.29, 1.82) is 0 Å². The van der Waals surface area contributed by atoms with Crippen LogP contribution in [-0.2, 0) is 0 Å². The number of piperazine rings is 1. The van der Waals surface area contributed by atoms with Crippen LogP contribution in [0.1, 0.15) is 30.9 Å². The molecular formula is C16H21ClN2O2. The first-order chi connectivity index (χ1) is 10.3. The summed E-state index contributed by atoms with van der Waals surface area (Å²) < 4.78 is 11.0. The van der Waals surface area contributed by atoms with E-state index in [4.69, 9.17) is 21.1 Å². The monoisotopic (exact) mass is 308 g/mol. The van der Waals surface area contributed by atoms with Gasteiger partial charge in [-0.1, -0.05) is 18.0 Å². The van der Waals surface area contributed by atoms with Crippen LogP contribution in [0.5, 0.6) is 11.5 Å². The van der Waals surface area contributed by atoms with Crippen molar-refractivity contribution >= 4 is 11.6 Å². The Labute approximate surface area is 130 Å². The molecule has 4 rings (SSSR count). The van der Waals surface area contributed by atoms with E-state index in [-0.39, 0.29) is 0 Å². The number of hydrogen-bond acceptors (Lipinski definition) is 4. The van der Waals surface area contributed by atoms with Crippen molar-refractivity contribution < 1.29 is 9.47 Å². The highest BCUT2D eigenvalue weighted by atomic mass is 35.5. The van der Waals surface area contributed by atoms with Crippen molar-refractivity contribution in [2.75, 3.05) is 33.0 Å². The van der Waals surface area contributed by atoms with Crippen molar-refractivity contribution in [2.24, 2.45) is 5.92 Å². The Balaban J connectivity index is 1.69. The average molecular weight is 309 g/mol. The van der Waals surface area contributed by atoms with Crippen LogP contribution in [0, 0.1) is 5.92 Å². The third-order valence-electron chi connectivity index (χ3n) is 4.95. The first kappa shape index (κ1) is 13.7. The largest absolute Gasteiger partial charge is 0.454 e. The topological polar surface area (TPSA) is 33.7 Å². The summed E-state index contributed by atoms with van der Waals surface area (Å²) in [4.78, 5) is 2.59. The molecule has 1 aromatic carbocycles. The number of hydrogen-bond donors (Lipinski definition) is 1. The van der Waals surface area contributed by atoms with E-state index in [2.05, 4.69) is 16.3 Å². The number of rotatable bonds is 3. The van der Waals surface area contributed by atoms with E-state index in [1.807, 2.05) is 6.07 Å². The van der Waals surface area contributed by atoms with Gasteiger partial charge in [0, 0.05) is 43.3 Å². The van der Waals surface area contributed by atoms with Gasteiger partial charge in [0.05, 0.1) is 0 Å². The van der Waals surface area contributed by atoms with Gasteiger partial charge >= 0.3 is 0 Å². The zero-order valence-electron chi connectivity index (χ0n) is 12.1. The van der Waals surface area contributed by atoms with E-state index in [1.54, 1.807) is 0 Å². The molecule has 5 heteroatoms. The van der Waals surface area contributed by atoms with E-state index in [1.165, 1.54) is 24.8 Å². The third kappa shape index (κ3) is 2.50. The lowest BCUT2D eigenvalue weighted by Gasteiger charge is -2.43. The second-order valence-corrected chi connectivity index (χ2v) is 6.56. The summed E-state index contributed by atoms with van der Waals surface area (Å²) in [5, 5.41) is 4.25. The van der Waals surface area contributed by atoms with Crippen LogP contribution in [-0.4, -0.2) is 37.9 Å². The fraction of sp³-hybridized carbons (Fsp3) is 0.625. The lowest BCUT2D eigenvalue weighted by molar-refractivity contribution is 0.0836. The molecule has 0 bridgehead atoms. The Hall–Kier alpha value is -0.970. The molecule has 2 heterocycles. The minimum atomic E-state index is 0.302. The predicted molar refractivity (Wildman–Crippen MR) is 82.1 cm³/mol. The highest BCUT2D eigenvalue weighted by Crippen LogP contribution is 2.47. The molecule has 4 nitrogen and oxygen atoms in total. The van der Waals surface area contributed by atoms with Gasteiger partial charge in [-0.05, 0) is 30.4 Å². The molecule has 0 spiro atoms. The molecular weight excluding hydrogens is 288 g/mol. The summed E-state index contributed by atoms with van der Waals surface area (Å²) in [6.07, 6.45) is 3.95. The quantitative estimate of drug-likeness (QED) is 0.931. The number of nitrogens with zero attached hydrogens (tertiary/aromatic N) is 1. The Kier molecular flexibility index (Phi) is 3.69. The molecule has 1 aliphatic carbocycles. The van der Waals surface area contributed by atoms with Gasteiger partial charge in [-0.2, -0.15) is 0 Å². The maximum absolute atomic E-state index is 6.57. The molecule has 1 saturated carbocycles. The molecule has 114 valence electrons. The first-order valence-electron chi connectivity index (χ1n) is 7.87. The molecule has 0 unspecified atom stereocenters. The molecule has 1 N–H and O–H groups in total. The molecule has 1 atom stereocenters. The van der Waals surface area contributed by atoms with Gasteiger partial charge < -0.3 is 14.8 Å². The predicted octanol–water partition coefficient (Wildman–Crippen LogP) is 2.82. The Morgan fingerprint density at radius 1 is 1.14 bits per heavy atom. The molecule has 2 aliphatic heterocycles. The highest BCUT2D eigenvalue weighted by molar-refractivity contribution is 6.31. The summed E-state index contributed by atoms with van der Waals surface area (Å²) in [6.45, 7) is 4.60. The fourth-order valence-electron chi connectivity index (χ4n) is 3.62. The molecule has 0 amide bonds. The van der Waals surface area contributed by atoms with Crippen LogP contribution >= 0.6 is 11.6 Å². The van der Waals surface area contributed by atoms with Crippen LogP contribution in [0.25, 0.3) is 0 Å². The SMILES string of the molecule is Clc1cc2c(cc1[C@@H](C1CCC1)N1CCNCC1)OCO2. The zero-order valence-corrected chi connectivity index (χ0v) is 12.9. The van der Waals surface area contributed by atoms with Crippen molar-refractivity contribution in [3.05, 3.63) is 22.7 Å². The molecule has 3 aliphatic rings. The number of fused-ring (bicyclic) bond motifs is 1. The van der Waals surface area contributed by atoms with E-state index < -0.39 is 0 Å². The van der Waals surface area contributed by atoms with Gasteiger partial charge in [-0.25, -0.2) is 0 Å². The number of halogens is 1. The fourth-order valence-corrected chi connectivity index (χ4v) is 3.89. The molecule has 21 heavy (non-hydrogen) atoms. The smallest absolute Gasteiger partial charge is 0.231 e. The van der Waals surface area contributed by atoms with Crippen LogP contribution in [0.3, 0.4) is 0 Å². The summed E-state index contributed by atoms with van der Waals surface area (Å²) in [5.74, 6) is 2.34. The van der Waals surface area contributed by atoms with E-state index >= 15 is 0 Å². The lowest BCUT2D eigenvalue weighted by Crippen LogP contribution is -2.47. The Morgan fingerprint density at radius 2 is 1.86 bits per heavy atom. The van der Waals surface area contributed by atoms with Gasteiger partial charge in [0.15, 0.2) is 11.5 Å². The van der Waals surface area contributed by atoms with Gasteiger partial charge in [0.1, 0.15) is 0 Å². The maximum atomic E-state index is 6.57. The van der Waals surface area contributed by atoms with E-state index in [9.17, 15) is 0 Å². The summed E-state index contributed by atoms with van der Waals surface area (Å²) in [5.41, 5.74) is 1.22. The molecule has 0 radical (unpaired) electrons. The van der Waals surface area contributed by atoms with Crippen molar-refractivity contribution in [1.82, 2.24) is 10.2 Å². The molecule has 1 saturated heterocycles. The minimum absolute atomic E-state index is 0.302. The first-order valence-corrected chi connectivity index (χ1v) is 8.24. The average Bonchev–Trinajstić information content (AvgIpc) is 2.90. The maximum Gasteiger partial charge on any atom is 0.231 e. The summed E-state index contributed by atoms with van der Waals surface area (Å²) >= 11 is 6.57. The Bertz CT molecular complexity index is 527. The standard InChI is InChI=1S/C16H21ClN2O2/c17-13-9-15-14(20-10-21-15)8-12(13)16(11-2-1-3-11)19-6-4-18-5-7-19/h8-9,11,16,18H,1-7,10H2/t16-/m1/s1. The molecule has 0 aromatic heterocycles. The normalized spacial score (nSPS) is 23.9. The minimum Gasteiger partial charge on any atom is -0.454 e. The third-order valence-corrected chi connectivity index (χ3v) is 5.28. The number of benzene rings is 1. The zero-order chi connectivity index (χ0) is 14.2. The van der Waals surface area contributed by atoms with E-state index in [0.717, 1.165) is 48.6 Å².